The highest BCUT2D eigenvalue weighted by Gasteiger charge is 2.36. The maximum atomic E-state index is 5.40. The molecule has 0 aliphatic heterocycles. The van der Waals surface area contributed by atoms with Gasteiger partial charge in [-0.15, -0.1) is 0 Å². The molecule has 4 nitrogen and oxygen atoms in total. The molecule has 0 atom stereocenters. The predicted molar refractivity (Wildman–Crippen MR) is 122 cm³/mol. The van der Waals surface area contributed by atoms with Gasteiger partial charge in [0.2, 0.25) is 0 Å². The normalized spacial score (nSPS) is 11.4. The van der Waals surface area contributed by atoms with Crippen molar-refractivity contribution in [3.8, 4) is 17.2 Å². The number of ether oxygens (including phenoxy) is 3. The van der Waals surface area contributed by atoms with Crippen LogP contribution in [0, 0.1) is 5.92 Å². The van der Waals surface area contributed by atoms with Crippen LogP contribution in [-0.2, 0) is 5.54 Å². The Hall–Kier alpha value is -2.98. The van der Waals surface area contributed by atoms with E-state index in [2.05, 4.69) is 55.6 Å². The molecule has 3 rings (SSSR count). The van der Waals surface area contributed by atoms with E-state index in [0.29, 0.717) is 5.92 Å². The summed E-state index contributed by atoms with van der Waals surface area (Å²) in [6.45, 7) is 5.28. The Morgan fingerprint density at radius 2 is 0.900 bits per heavy atom. The van der Waals surface area contributed by atoms with Crippen LogP contribution in [0.5, 0.6) is 17.2 Å². The summed E-state index contributed by atoms with van der Waals surface area (Å²) >= 11 is 0. The van der Waals surface area contributed by atoms with Crippen LogP contribution >= 0.6 is 0 Å². The van der Waals surface area contributed by atoms with Gasteiger partial charge >= 0.3 is 0 Å². The molecule has 1 N–H and O–H groups in total. The second kappa shape index (κ2) is 9.68. The predicted octanol–water partition coefficient (Wildman–Crippen LogP) is 5.25. The fourth-order valence-corrected chi connectivity index (χ4v) is 3.69. The van der Waals surface area contributed by atoms with E-state index in [4.69, 9.17) is 14.2 Å². The third kappa shape index (κ3) is 4.44. The maximum absolute atomic E-state index is 5.40. The standard InChI is InChI=1S/C26H31NO3/c1-19(2)18-27-26(20-6-12-23(28-3)13-7-20,21-8-14-24(29-4)15-9-21)22-10-16-25(30-5)17-11-22/h6-17,19,27H,18H2,1-5H3. The molecule has 30 heavy (non-hydrogen) atoms. The van der Waals surface area contributed by atoms with Crippen molar-refractivity contribution in [1.82, 2.24) is 5.32 Å². The topological polar surface area (TPSA) is 39.7 Å². The summed E-state index contributed by atoms with van der Waals surface area (Å²) in [4.78, 5) is 0. The number of nitrogens with one attached hydrogen (secondary N) is 1. The largest absolute Gasteiger partial charge is 0.497 e. The second-order valence-corrected chi connectivity index (χ2v) is 7.71. The lowest BCUT2D eigenvalue weighted by Gasteiger charge is -2.38. The Bertz CT molecular complexity index is 800. The fourth-order valence-electron chi connectivity index (χ4n) is 3.69. The monoisotopic (exact) mass is 405 g/mol. The van der Waals surface area contributed by atoms with Crippen molar-refractivity contribution in [2.45, 2.75) is 19.4 Å². The van der Waals surface area contributed by atoms with Crippen LogP contribution in [0.3, 0.4) is 0 Å². The van der Waals surface area contributed by atoms with E-state index in [9.17, 15) is 0 Å². The molecule has 0 amide bonds. The lowest BCUT2D eigenvalue weighted by atomic mass is 9.76. The third-order valence-corrected chi connectivity index (χ3v) is 5.34. The van der Waals surface area contributed by atoms with E-state index in [1.165, 1.54) is 0 Å². The second-order valence-electron chi connectivity index (χ2n) is 7.71. The summed E-state index contributed by atoms with van der Waals surface area (Å²) in [6, 6.07) is 24.8. The van der Waals surface area contributed by atoms with Crippen LogP contribution in [0.4, 0.5) is 0 Å². The van der Waals surface area contributed by atoms with Gasteiger partial charge in [0.1, 0.15) is 17.2 Å². The Morgan fingerprint density at radius 3 is 1.13 bits per heavy atom. The van der Waals surface area contributed by atoms with E-state index >= 15 is 0 Å². The van der Waals surface area contributed by atoms with Crippen LogP contribution in [0.25, 0.3) is 0 Å². The molecule has 0 aromatic heterocycles. The van der Waals surface area contributed by atoms with Crippen LogP contribution in [-0.4, -0.2) is 27.9 Å². The summed E-state index contributed by atoms with van der Waals surface area (Å²) in [5, 5.41) is 3.87. The SMILES string of the molecule is COc1ccc(C(NCC(C)C)(c2ccc(OC)cc2)c2ccc(OC)cc2)cc1. The summed E-state index contributed by atoms with van der Waals surface area (Å²) in [7, 11) is 5.06. The van der Waals surface area contributed by atoms with Gasteiger partial charge in [-0.05, 0) is 65.6 Å². The summed E-state index contributed by atoms with van der Waals surface area (Å²) < 4.78 is 16.2. The molecule has 0 aliphatic rings. The third-order valence-electron chi connectivity index (χ3n) is 5.34. The van der Waals surface area contributed by atoms with E-state index in [0.717, 1.165) is 40.5 Å². The number of benzene rings is 3. The molecule has 3 aromatic carbocycles. The van der Waals surface area contributed by atoms with Crippen molar-refractivity contribution in [3.05, 3.63) is 89.5 Å². The summed E-state index contributed by atoms with van der Waals surface area (Å²) in [5.41, 5.74) is 2.88. The molecule has 0 spiro atoms. The van der Waals surface area contributed by atoms with E-state index < -0.39 is 5.54 Å². The molecule has 158 valence electrons. The Labute approximate surface area is 179 Å². The Balaban J connectivity index is 2.24. The van der Waals surface area contributed by atoms with Gasteiger partial charge in [-0.3, -0.25) is 5.32 Å². The zero-order valence-corrected chi connectivity index (χ0v) is 18.4. The summed E-state index contributed by atoms with van der Waals surface area (Å²) in [5.74, 6) is 2.99. The average Bonchev–Trinajstić information content (AvgIpc) is 2.80. The van der Waals surface area contributed by atoms with Gasteiger partial charge in [0.25, 0.3) is 0 Å². The first-order valence-corrected chi connectivity index (χ1v) is 10.2. The highest BCUT2D eigenvalue weighted by molar-refractivity contribution is 5.52. The van der Waals surface area contributed by atoms with Gasteiger partial charge in [0, 0.05) is 0 Å². The molecule has 3 aromatic rings. The quantitative estimate of drug-likeness (QED) is 0.494. The molecule has 0 radical (unpaired) electrons. The smallest absolute Gasteiger partial charge is 0.118 e. The van der Waals surface area contributed by atoms with Crippen LogP contribution in [0.15, 0.2) is 72.8 Å². The van der Waals surface area contributed by atoms with Crippen LogP contribution < -0.4 is 19.5 Å². The van der Waals surface area contributed by atoms with Gasteiger partial charge in [0.15, 0.2) is 0 Å². The number of hydrogen-bond donors (Lipinski definition) is 1. The van der Waals surface area contributed by atoms with Gasteiger partial charge in [-0.1, -0.05) is 50.2 Å². The minimum Gasteiger partial charge on any atom is -0.497 e. The van der Waals surface area contributed by atoms with Crippen molar-refractivity contribution in [1.29, 1.82) is 0 Å². The molecule has 0 bridgehead atoms. The molecular weight excluding hydrogens is 374 g/mol. The molecule has 0 saturated carbocycles. The molecule has 4 heteroatoms. The molecular formula is C26H31NO3. The maximum Gasteiger partial charge on any atom is 0.118 e. The van der Waals surface area contributed by atoms with E-state index in [-0.39, 0.29) is 0 Å². The van der Waals surface area contributed by atoms with E-state index in [1.807, 2.05) is 36.4 Å². The first kappa shape index (κ1) is 21.7. The van der Waals surface area contributed by atoms with Crippen molar-refractivity contribution >= 4 is 0 Å². The minimum atomic E-state index is -0.533. The molecule has 0 unspecified atom stereocenters. The van der Waals surface area contributed by atoms with Crippen molar-refractivity contribution < 1.29 is 14.2 Å². The fraction of sp³-hybridized carbons (Fsp3) is 0.308. The first-order chi connectivity index (χ1) is 14.5. The van der Waals surface area contributed by atoms with Crippen LogP contribution in [0.2, 0.25) is 0 Å². The number of rotatable bonds is 9. The van der Waals surface area contributed by atoms with Gasteiger partial charge in [0.05, 0.1) is 26.9 Å². The van der Waals surface area contributed by atoms with Crippen molar-refractivity contribution in [3.63, 3.8) is 0 Å². The highest BCUT2D eigenvalue weighted by Crippen LogP contribution is 2.39. The lowest BCUT2D eigenvalue weighted by molar-refractivity contribution is 0.406. The zero-order chi connectivity index (χ0) is 21.6. The molecule has 0 heterocycles. The first-order valence-electron chi connectivity index (χ1n) is 10.2. The van der Waals surface area contributed by atoms with Crippen molar-refractivity contribution in [2.75, 3.05) is 27.9 Å². The zero-order valence-electron chi connectivity index (χ0n) is 18.4. The Morgan fingerprint density at radius 1 is 0.600 bits per heavy atom. The summed E-state index contributed by atoms with van der Waals surface area (Å²) in [6.07, 6.45) is 0. The lowest BCUT2D eigenvalue weighted by Crippen LogP contribution is -2.46. The van der Waals surface area contributed by atoms with E-state index in [1.54, 1.807) is 21.3 Å². The molecule has 0 aliphatic carbocycles. The van der Waals surface area contributed by atoms with Crippen molar-refractivity contribution in [2.24, 2.45) is 5.92 Å². The van der Waals surface area contributed by atoms with Gasteiger partial charge < -0.3 is 14.2 Å². The molecule has 0 fully saturated rings. The average molecular weight is 406 g/mol. The van der Waals surface area contributed by atoms with Crippen LogP contribution in [0.1, 0.15) is 30.5 Å². The number of hydrogen-bond acceptors (Lipinski definition) is 4. The highest BCUT2D eigenvalue weighted by atomic mass is 16.5. The number of methoxy groups -OCH3 is 3. The van der Waals surface area contributed by atoms with Gasteiger partial charge in [-0.25, -0.2) is 0 Å². The van der Waals surface area contributed by atoms with Gasteiger partial charge in [-0.2, -0.15) is 0 Å². The molecule has 0 saturated heterocycles. The Kier molecular flexibility index (Phi) is 7.01. The minimum absolute atomic E-state index is 0.485.